The first-order chi connectivity index (χ1) is 11.0. The largest absolute Gasteiger partial charge is 0.369 e. The molecule has 0 spiro atoms. The van der Waals surface area contributed by atoms with Gasteiger partial charge < -0.3 is 16.4 Å². The molecule has 118 valence electrons. The van der Waals surface area contributed by atoms with Gasteiger partial charge in [0, 0.05) is 11.4 Å². The molecule has 0 aromatic heterocycles. The Morgan fingerprint density at radius 3 is 2.13 bits per heavy atom. The van der Waals surface area contributed by atoms with Crippen LogP contribution in [0.4, 0.5) is 16.2 Å². The lowest BCUT2D eigenvalue weighted by atomic mass is 10.1. The molecule has 0 saturated carbocycles. The maximum absolute atomic E-state index is 11.9. The maximum atomic E-state index is 11.9. The van der Waals surface area contributed by atoms with Crippen LogP contribution in [0.25, 0.3) is 0 Å². The first-order valence-corrected chi connectivity index (χ1v) is 6.92. The predicted octanol–water partition coefficient (Wildman–Crippen LogP) is 2.54. The maximum Gasteiger partial charge on any atom is 0.323 e. The first kappa shape index (κ1) is 16.0. The second-order valence-corrected chi connectivity index (χ2v) is 4.75. The summed E-state index contributed by atoms with van der Waals surface area (Å²) in [5.74, 6) is -0.222. The zero-order valence-electron chi connectivity index (χ0n) is 12.6. The van der Waals surface area contributed by atoms with E-state index in [0.29, 0.717) is 11.4 Å². The number of carbonyl (C=O) groups excluding carboxylic acids is 1. The number of hydrogen-bond acceptors (Lipinski definition) is 3. The van der Waals surface area contributed by atoms with E-state index in [1.807, 2.05) is 42.5 Å². The average molecular weight is 310 g/mol. The number of benzene rings is 2. The zero-order chi connectivity index (χ0) is 16.7. The van der Waals surface area contributed by atoms with Crippen molar-refractivity contribution in [3.05, 3.63) is 60.2 Å². The quantitative estimate of drug-likeness (QED) is 0.339. The predicted molar refractivity (Wildman–Crippen MR) is 92.8 cm³/mol. The monoisotopic (exact) mass is 310 g/mol. The second-order valence-electron chi connectivity index (χ2n) is 4.75. The summed E-state index contributed by atoms with van der Waals surface area (Å²) in [4.78, 5) is 11.9. The number of anilines is 2. The van der Waals surface area contributed by atoms with E-state index in [1.165, 1.54) is 0 Å². The van der Waals surface area contributed by atoms with Crippen molar-refractivity contribution in [1.29, 1.82) is 5.41 Å². The third-order valence-electron chi connectivity index (χ3n) is 2.94. The summed E-state index contributed by atoms with van der Waals surface area (Å²) >= 11 is 0. The van der Waals surface area contributed by atoms with Crippen LogP contribution in [0.3, 0.4) is 0 Å². The molecule has 7 nitrogen and oxygen atoms in total. The number of urea groups is 1. The molecule has 0 heterocycles. The Morgan fingerprint density at radius 2 is 1.57 bits per heavy atom. The lowest BCUT2D eigenvalue weighted by Gasteiger charge is -2.08. The Bertz CT molecular complexity index is 709. The van der Waals surface area contributed by atoms with Crippen molar-refractivity contribution in [3.8, 4) is 0 Å². The van der Waals surface area contributed by atoms with Crippen molar-refractivity contribution in [2.75, 3.05) is 10.6 Å². The molecule has 0 fully saturated rings. The number of nitrogens with two attached hydrogens (primary N) is 1. The fourth-order valence-corrected chi connectivity index (χ4v) is 1.82. The molecule has 23 heavy (non-hydrogen) atoms. The Labute approximate surface area is 134 Å². The van der Waals surface area contributed by atoms with Crippen LogP contribution in [0.5, 0.6) is 0 Å². The van der Waals surface area contributed by atoms with E-state index in [0.717, 1.165) is 11.3 Å². The smallest absolute Gasteiger partial charge is 0.323 e. The van der Waals surface area contributed by atoms with Gasteiger partial charge in [-0.3, -0.25) is 5.41 Å². The van der Waals surface area contributed by atoms with E-state index < -0.39 is 0 Å². The van der Waals surface area contributed by atoms with Crippen LogP contribution < -0.4 is 21.8 Å². The number of amides is 2. The molecule has 2 aromatic carbocycles. The highest BCUT2D eigenvalue weighted by molar-refractivity contribution is 6.01. The fraction of sp³-hybridized carbons (Fsp3) is 0.0625. The minimum absolute atomic E-state index is 0.222. The summed E-state index contributed by atoms with van der Waals surface area (Å²) in [7, 11) is 0. The van der Waals surface area contributed by atoms with Crippen LogP contribution in [0.15, 0.2) is 59.7 Å². The number of guanidine groups is 1. The standard InChI is InChI=1S/C16H18N6O/c1-11(21-22-15(17)18)12-7-9-14(10-8-12)20-16(23)19-13-5-3-2-4-6-13/h2-10H,1H3,(H4,17,18,22)(H2,19,20,23)/b21-11+. The molecule has 0 atom stereocenters. The number of nitrogens with zero attached hydrogens (tertiary/aromatic N) is 1. The number of hydrogen-bond donors (Lipinski definition) is 5. The molecule has 0 aliphatic rings. The first-order valence-electron chi connectivity index (χ1n) is 6.92. The Kier molecular flexibility index (Phi) is 5.30. The van der Waals surface area contributed by atoms with Gasteiger partial charge in [-0.15, -0.1) is 0 Å². The van der Waals surface area contributed by atoms with Crippen molar-refractivity contribution in [2.24, 2.45) is 10.8 Å². The summed E-state index contributed by atoms with van der Waals surface area (Å²) in [6, 6.07) is 16.1. The molecule has 0 radical (unpaired) electrons. The van der Waals surface area contributed by atoms with Gasteiger partial charge in [0.1, 0.15) is 0 Å². The van der Waals surface area contributed by atoms with Gasteiger partial charge in [0.15, 0.2) is 0 Å². The van der Waals surface area contributed by atoms with Gasteiger partial charge in [0.2, 0.25) is 5.96 Å². The van der Waals surface area contributed by atoms with Gasteiger partial charge in [-0.1, -0.05) is 30.3 Å². The normalized spacial score (nSPS) is 10.7. The highest BCUT2D eigenvalue weighted by Gasteiger charge is 2.03. The zero-order valence-corrected chi connectivity index (χ0v) is 12.6. The van der Waals surface area contributed by atoms with E-state index in [9.17, 15) is 4.79 Å². The molecule has 0 unspecified atom stereocenters. The molecular weight excluding hydrogens is 292 g/mol. The van der Waals surface area contributed by atoms with Crippen LogP contribution in [0.2, 0.25) is 0 Å². The summed E-state index contributed by atoms with van der Waals surface area (Å²) in [6.45, 7) is 1.79. The second kappa shape index (κ2) is 7.60. The van der Waals surface area contributed by atoms with Crippen LogP contribution in [-0.2, 0) is 0 Å². The topological polar surface area (TPSA) is 115 Å². The minimum atomic E-state index is -0.312. The molecule has 0 bridgehead atoms. The molecule has 2 rings (SSSR count). The van der Waals surface area contributed by atoms with Crippen molar-refractivity contribution < 1.29 is 4.79 Å². The Hall–Kier alpha value is -3.35. The SMILES string of the molecule is C/C(=N\NC(=N)N)c1ccc(NC(=O)Nc2ccccc2)cc1. The lowest BCUT2D eigenvalue weighted by molar-refractivity contribution is 0.262. The van der Waals surface area contributed by atoms with Crippen molar-refractivity contribution in [2.45, 2.75) is 6.92 Å². The summed E-state index contributed by atoms with van der Waals surface area (Å²) < 4.78 is 0. The van der Waals surface area contributed by atoms with Crippen molar-refractivity contribution >= 4 is 29.1 Å². The Balaban J connectivity index is 1.96. The van der Waals surface area contributed by atoms with Crippen LogP contribution >= 0.6 is 0 Å². The highest BCUT2D eigenvalue weighted by Crippen LogP contribution is 2.12. The summed E-state index contributed by atoms with van der Waals surface area (Å²) in [5.41, 5.74) is 10.5. The van der Waals surface area contributed by atoms with E-state index in [1.54, 1.807) is 19.1 Å². The van der Waals surface area contributed by atoms with E-state index in [-0.39, 0.29) is 12.0 Å². The minimum Gasteiger partial charge on any atom is -0.369 e. The molecule has 6 N–H and O–H groups in total. The number of para-hydroxylation sites is 1. The van der Waals surface area contributed by atoms with Gasteiger partial charge >= 0.3 is 6.03 Å². The Morgan fingerprint density at radius 1 is 1.00 bits per heavy atom. The molecule has 0 aliphatic carbocycles. The number of rotatable bonds is 4. The molecule has 2 amide bonds. The van der Waals surface area contributed by atoms with Gasteiger partial charge in [-0.05, 0) is 36.8 Å². The number of carbonyl (C=O) groups is 1. The summed E-state index contributed by atoms with van der Waals surface area (Å²) in [6.07, 6.45) is 0. The van der Waals surface area contributed by atoms with E-state index in [4.69, 9.17) is 11.1 Å². The van der Waals surface area contributed by atoms with Gasteiger partial charge in [0.25, 0.3) is 0 Å². The van der Waals surface area contributed by atoms with Crippen LogP contribution in [0, 0.1) is 5.41 Å². The third kappa shape index (κ3) is 5.16. The van der Waals surface area contributed by atoms with Gasteiger partial charge in [0.05, 0.1) is 5.71 Å². The highest BCUT2D eigenvalue weighted by atomic mass is 16.2. The van der Waals surface area contributed by atoms with Crippen LogP contribution in [-0.4, -0.2) is 17.7 Å². The molecular formula is C16H18N6O. The number of nitrogens with one attached hydrogen (secondary N) is 4. The van der Waals surface area contributed by atoms with Crippen LogP contribution in [0.1, 0.15) is 12.5 Å². The van der Waals surface area contributed by atoms with Gasteiger partial charge in [-0.25, -0.2) is 10.2 Å². The van der Waals surface area contributed by atoms with E-state index in [2.05, 4.69) is 21.2 Å². The molecule has 7 heteroatoms. The number of hydrazone groups is 1. The lowest BCUT2D eigenvalue weighted by Crippen LogP contribution is -2.26. The molecule has 2 aromatic rings. The fourth-order valence-electron chi connectivity index (χ4n) is 1.82. The average Bonchev–Trinajstić information content (AvgIpc) is 2.54. The van der Waals surface area contributed by atoms with E-state index >= 15 is 0 Å². The summed E-state index contributed by atoms with van der Waals surface area (Å²) in [5, 5.41) is 16.5. The molecule has 0 aliphatic heterocycles. The van der Waals surface area contributed by atoms with Crippen molar-refractivity contribution in [1.82, 2.24) is 5.43 Å². The third-order valence-corrected chi connectivity index (χ3v) is 2.94. The molecule has 0 saturated heterocycles. The van der Waals surface area contributed by atoms with Crippen molar-refractivity contribution in [3.63, 3.8) is 0 Å². The van der Waals surface area contributed by atoms with Gasteiger partial charge in [-0.2, -0.15) is 5.10 Å².